The summed E-state index contributed by atoms with van der Waals surface area (Å²) in [6, 6.07) is 0.390. The fraction of sp³-hybridized carbons (Fsp3) is 0.923. The number of esters is 1. The SMILES string of the molecule is CCOCC(NC(C)CC(=O)OCC)C(C)C. The lowest BCUT2D eigenvalue weighted by atomic mass is 10.0. The Labute approximate surface area is 105 Å². The number of nitrogens with one attached hydrogen (secondary N) is 1. The van der Waals surface area contributed by atoms with Crippen LogP contribution in [-0.4, -0.2) is 37.9 Å². The average molecular weight is 245 g/mol. The highest BCUT2D eigenvalue weighted by Crippen LogP contribution is 2.05. The van der Waals surface area contributed by atoms with Crippen LogP contribution >= 0.6 is 0 Å². The van der Waals surface area contributed by atoms with Crippen molar-refractivity contribution in [3.05, 3.63) is 0 Å². The Hall–Kier alpha value is -0.610. The van der Waals surface area contributed by atoms with Crippen LogP contribution < -0.4 is 5.32 Å². The van der Waals surface area contributed by atoms with Crippen LogP contribution in [0.4, 0.5) is 0 Å². The molecule has 0 amide bonds. The second-order valence-corrected chi connectivity index (χ2v) is 4.59. The molecule has 0 bridgehead atoms. The molecule has 0 aliphatic rings. The van der Waals surface area contributed by atoms with E-state index in [0.717, 1.165) is 6.61 Å². The molecule has 4 heteroatoms. The van der Waals surface area contributed by atoms with Crippen molar-refractivity contribution in [2.75, 3.05) is 19.8 Å². The van der Waals surface area contributed by atoms with Crippen LogP contribution in [0.15, 0.2) is 0 Å². The van der Waals surface area contributed by atoms with Gasteiger partial charge in [0.1, 0.15) is 0 Å². The number of carbonyl (C=O) groups excluding carboxylic acids is 1. The van der Waals surface area contributed by atoms with E-state index in [1.54, 1.807) is 0 Å². The standard InChI is InChI=1S/C13H27NO3/c1-6-16-9-12(10(3)4)14-11(5)8-13(15)17-7-2/h10-12,14H,6-9H2,1-5H3. The molecule has 0 aromatic carbocycles. The van der Waals surface area contributed by atoms with E-state index in [-0.39, 0.29) is 18.1 Å². The molecule has 1 N–H and O–H groups in total. The van der Waals surface area contributed by atoms with Gasteiger partial charge in [0, 0.05) is 18.7 Å². The number of hydrogen-bond donors (Lipinski definition) is 1. The average Bonchev–Trinajstić information content (AvgIpc) is 2.23. The molecule has 0 spiro atoms. The molecule has 0 aliphatic carbocycles. The lowest BCUT2D eigenvalue weighted by molar-refractivity contribution is -0.143. The van der Waals surface area contributed by atoms with Gasteiger partial charge in [-0.1, -0.05) is 13.8 Å². The van der Waals surface area contributed by atoms with E-state index in [2.05, 4.69) is 19.2 Å². The predicted molar refractivity (Wildman–Crippen MR) is 69.0 cm³/mol. The Morgan fingerprint density at radius 3 is 2.29 bits per heavy atom. The van der Waals surface area contributed by atoms with Crippen LogP contribution in [0.5, 0.6) is 0 Å². The zero-order chi connectivity index (χ0) is 13.3. The maximum atomic E-state index is 11.3. The summed E-state index contributed by atoms with van der Waals surface area (Å²) in [6.45, 7) is 11.9. The van der Waals surface area contributed by atoms with Crippen molar-refractivity contribution in [2.24, 2.45) is 5.92 Å². The summed E-state index contributed by atoms with van der Waals surface area (Å²) < 4.78 is 10.4. The van der Waals surface area contributed by atoms with Gasteiger partial charge in [0.05, 0.1) is 19.6 Å². The Balaban J connectivity index is 4.02. The third-order valence-electron chi connectivity index (χ3n) is 2.58. The Morgan fingerprint density at radius 1 is 1.18 bits per heavy atom. The summed E-state index contributed by atoms with van der Waals surface area (Å²) in [4.78, 5) is 11.3. The van der Waals surface area contributed by atoms with Gasteiger partial charge in [0.15, 0.2) is 0 Å². The molecule has 0 rings (SSSR count). The lowest BCUT2D eigenvalue weighted by Crippen LogP contribution is -2.44. The van der Waals surface area contributed by atoms with Crippen LogP contribution in [-0.2, 0) is 14.3 Å². The smallest absolute Gasteiger partial charge is 0.307 e. The molecule has 2 atom stereocenters. The van der Waals surface area contributed by atoms with Gasteiger partial charge in [-0.05, 0) is 26.7 Å². The summed E-state index contributed by atoms with van der Waals surface area (Å²) in [5.41, 5.74) is 0. The van der Waals surface area contributed by atoms with Crippen LogP contribution in [0, 0.1) is 5.92 Å². The van der Waals surface area contributed by atoms with Crippen molar-refractivity contribution in [3.63, 3.8) is 0 Å². The molecule has 0 fully saturated rings. The third kappa shape index (κ3) is 8.16. The molecule has 0 aliphatic heterocycles. The zero-order valence-corrected chi connectivity index (χ0v) is 11.8. The first kappa shape index (κ1) is 16.4. The molecule has 0 radical (unpaired) electrons. The van der Waals surface area contributed by atoms with Crippen molar-refractivity contribution >= 4 is 5.97 Å². The molecular weight excluding hydrogens is 218 g/mol. The summed E-state index contributed by atoms with van der Waals surface area (Å²) in [5.74, 6) is 0.331. The van der Waals surface area contributed by atoms with Crippen molar-refractivity contribution in [1.82, 2.24) is 5.32 Å². The van der Waals surface area contributed by atoms with Crippen LogP contribution in [0.2, 0.25) is 0 Å². The van der Waals surface area contributed by atoms with E-state index in [0.29, 0.717) is 25.6 Å². The topological polar surface area (TPSA) is 47.6 Å². The van der Waals surface area contributed by atoms with E-state index in [1.165, 1.54) is 0 Å². The van der Waals surface area contributed by atoms with E-state index in [9.17, 15) is 4.79 Å². The van der Waals surface area contributed by atoms with E-state index in [1.807, 2.05) is 20.8 Å². The molecule has 0 saturated heterocycles. The quantitative estimate of drug-likeness (QED) is 0.631. The van der Waals surface area contributed by atoms with Crippen molar-refractivity contribution in [1.29, 1.82) is 0 Å². The molecule has 102 valence electrons. The molecule has 0 aromatic rings. The first-order valence-corrected chi connectivity index (χ1v) is 6.50. The van der Waals surface area contributed by atoms with Gasteiger partial charge in [-0.25, -0.2) is 0 Å². The molecule has 0 heterocycles. The maximum absolute atomic E-state index is 11.3. The van der Waals surface area contributed by atoms with Crippen LogP contribution in [0.3, 0.4) is 0 Å². The van der Waals surface area contributed by atoms with E-state index >= 15 is 0 Å². The summed E-state index contributed by atoms with van der Waals surface area (Å²) in [5, 5.41) is 3.41. The van der Waals surface area contributed by atoms with Crippen molar-refractivity contribution < 1.29 is 14.3 Å². The van der Waals surface area contributed by atoms with Crippen LogP contribution in [0.25, 0.3) is 0 Å². The second kappa shape index (κ2) is 9.42. The Morgan fingerprint density at radius 2 is 1.82 bits per heavy atom. The molecule has 0 aromatic heterocycles. The second-order valence-electron chi connectivity index (χ2n) is 4.59. The summed E-state index contributed by atoms with van der Waals surface area (Å²) >= 11 is 0. The number of carbonyl (C=O) groups is 1. The summed E-state index contributed by atoms with van der Waals surface area (Å²) in [7, 11) is 0. The number of rotatable bonds is 9. The molecule has 0 saturated carbocycles. The first-order valence-electron chi connectivity index (χ1n) is 6.50. The van der Waals surface area contributed by atoms with E-state index < -0.39 is 0 Å². The van der Waals surface area contributed by atoms with Crippen LogP contribution in [0.1, 0.15) is 41.0 Å². The van der Waals surface area contributed by atoms with Gasteiger partial charge in [-0.3, -0.25) is 4.79 Å². The minimum absolute atomic E-state index is 0.113. The van der Waals surface area contributed by atoms with Crippen molar-refractivity contribution in [3.8, 4) is 0 Å². The van der Waals surface area contributed by atoms with Gasteiger partial charge < -0.3 is 14.8 Å². The minimum Gasteiger partial charge on any atom is -0.466 e. The number of hydrogen-bond acceptors (Lipinski definition) is 4. The third-order valence-corrected chi connectivity index (χ3v) is 2.58. The monoisotopic (exact) mass is 245 g/mol. The molecule has 4 nitrogen and oxygen atoms in total. The molecular formula is C13H27NO3. The number of ether oxygens (including phenoxy) is 2. The Kier molecular flexibility index (Phi) is 9.09. The van der Waals surface area contributed by atoms with Gasteiger partial charge in [-0.15, -0.1) is 0 Å². The zero-order valence-electron chi connectivity index (χ0n) is 11.8. The summed E-state index contributed by atoms with van der Waals surface area (Å²) in [6.07, 6.45) is 0.406. The van der Waals surface area contributed by atoms with Gasteiger partial charge in [0.25, 0.3) is 0 Å². The first-order chi connectivity index (χ1) is 8.01. The predicted octanol–water partition coefficient (Wildman–Crippen LogP) is 1.98. The maximum Gasteiger partial charge on any atom is 0.307 e. The largest absolute Gasteiger partial charge is 0.466 e. The fourth-order valence-electron chi connectivity index (χ4n) is 1.57. The van der Waals surface area contributed by atoms with Gasteiger partial charge in [-0.2, -0.15) is 0 Å². The molecule has 2 unspecified atom stereocenters. The highest BCUT2D eigenvalue weighted by atomic mass is 16.5. The fourth-order valence-corrected chi connectivity index (χ4v) is 1.57. The van der Waals surface area contributed by atoms with Gasteiger partial charge in [0.2, 0.25) is 0 Å². The van der Waals surface area contributed by atoms with E-state index in [4.69, 9.17) is 9.47 Å². The van der Waals surface area contributed by atoms with Gasteiger partial charge >= 0.3 is 5.97 Å². The highest BCUT2D eigenvalue weighted by molar-refractivity contribution is 5.70. The highest BCUT2D eigenvalue weighted by Gasteiger charge is 2.18. The lowest BCUT2D eigenvalue weighted by Gasteiger charge is -2.25. The van der Waals surface area contributed by atoms with Crippen molar-refractivity contribution in [2.45, 2.75) is 53.1 Å². The minimum atomic E-state index is -0.147. The molecule has 17 heavy (non-hydrogen) atoms. The Bertz CT molecular complexity index is 207. The normalized spacial score (nSPS) is 14.7.